The first-order chi connectivity index (χ1) is 12.0. The van der Waals surface area contributed by atoms with Crippen LogP contribution >= 0.6 is 11.6 Å². The van der Waals surface area contributed by atoms with Gasteiger partial charge in [0.05, 0.1) is 13.7 Å². The van der Waals surface area contributed by atoms with Crippen molar-refractivity contribution in [1.29, 1.82) is 0 Å². The van der Waals surface area contributed by atoms with Crippen LogP contribution in [0.3, 0.4) is 0 Å². The van der Waals surface area contributed by atoms with Crippen molar-refractivity contribution in [2.75, 3.05) is 12.8 Å². The smallest absolute Gasteiger partial charge is 0.341 e. The van der Waals surface area contributed by atoms with Crippen LogP contribution in [0.15, 0.2) is 40.9 Å². The van der Waals surface area contributed by atoms with E-state index in [4.69, 9.17) is 26.5 Å². The fraction of sp³-hybridized carbons (Fsp3) is 0.118. The Balaban J connectivity index is 1.83. The third-order valence-corrected chi connectivity index (χ3v) is 3.70. The Hall–Kier alpha value is -3.06. The van der Waals surface area contributed by atoms with Crippen LogP contribution in [0.25, 0.3) is 11.0 Å². The van der Waals surface area contributed by atoms with Crippen molar-refractivity contribution >= 4 is 40.1 Å². The summed E-state index contributed by atoms with van der Waals surface area (Å²) in [4.78, 5) is 27.9. The third kappa shape index (κ3) is 3.56. The first kappa shape index (κ1) is 16.8. The number of hydrogen-bond acceptors (Lipinski definition) is 6. The van der Waals surface area contributed by atoms with Crippen molar-refractivity contribution in [2.24, 2.45) is 0 Å². The van der Waals surface area contributed by atoms with Gasteiger partial charge in [-0.2, -0.15) is 0 Å². The Morgan fingerprint density at radius 2 is 2.12 bits per heavy atom. The molecule has 7 nitrogen and oxygen atoms in total. The van der Waals surface area contributed by atoms with Gasteiger partial charge < -0.3 is 20.2 Å². The second kappa shape index (κ2) is 6.82. The average Bonchev–Trinajstić information content (AvgIpc) is 3.00. The molecule has 0 aliphatic carbocycles. The summed E-state index contributed by atoms with van der Waals surface area (Å²) in [5.74, 6) is -0.486. The van der Waals surface area contributed by atoms with Crippen molar-refractivity contribution in [2.45, 2.75) is 6.54 Å². The Kier molecular flexibility index (Phi) is 4.58. The number of ether oxygens (including phenoxy) is 1. The number of esters is 1. The van der Waals surface area contributed by atoms with Crippen molar-refractivity contribution in [3.8, 4) is 0 Å². The maximum absolute atomic E-state index is 12.1. The number of amides is 1. The number of carbonyl (C=O) groups is 2. The quantitative estimate of drug-likeness (QED) is 0.693. The van der Waals surface area contributed by atoms with E-state index in [2.05, 4.69) is 10.3 Å². The Bertz CT molecular complexity index is 968. The number of methoxy groups -OCH3 is 1. The molecule has 3 aromatic rings. The number of furan rings is 1. The van der Waals surface area contributed by atoms with Crippen LogP contribution in [0.4, 0.5) is 5.69 Å². The van der Waals surface area contributed by atoms with Crippen molar-refractivity contribution in [3.63, 3.8) is 0 Å². The predicted octanol–water partition coefficient (Wildman–Crippen LogP) is 2.78. The molecule has 2 aromatic heterocycles. The lowest BCUT2D eigenvalue weighted by atomic mass is 10.1. The minimum absolute atomic E-state index is 0.113. The highest BCUT2D eigenvalue weighted by molar-refractivity contribution is 6.32. The lowest BCUT2D eigenvalue weighted by Gasteiger charge is -2.03. The molecule has 128 valence electrons. The number of nitrogens with zero attached hydrogens (tertiary/aromatic N) is 1. The van der Waals surface area contributed by atoms with Crippen LogP contribution in [0.2, 0.25) is 5.02 Å². The van der Waals surface area contributed by atoms with Crippen molar-refractivity contribution < 1.29 is 18.7 Å². The van der Waals surface area contributed by atoms with E-state index in [1.165, 1.54) is 25.4 Å². The molecule has 0 fully saturated rings. The molecule has 0 saturated carbocycles. The number of nitrogens with two attached hydrogens (primary N) is 1. The minimum atomic E-state index is -0.554. The number of fused-ring (bicyclic) bond motifs is 1. The van der Waals surface area contributed by atoms with Crippen LogP contribution < -0.4 is 11.1 Å². The molecule has 0 atom stereocenters. The second-order valence-electron chi connectivity index (χ2n) is 5.23. The molecule has 0 saturated heterocycles. The zero-order valence-electron chi connectivity index (χ0n) is 13.2. The monoisotopic (exact) mass is 359 g/mol. The van der Waals surface area contributed by atoms with Gasteiger partial charge in [-0.05, 0) is 30.3 Å². The van der Waals surface area contributed by atoms with Gasteiger partial charge in [0.1, 0.15) is 22.6 Å². The molecule has 0 spiro atoms. The normalized spacial score (nSPS) is 10.6. The van der Waals surface area contributed by atoms with Gasteiger partial charge in [-0.25, -0.2) is 4.79 Å². The van der Waals surface area contributed by atoms with E-state index in [0.29, 0.717) is 27.4 Å². The number of hydrogen-bond donors (Lipinski definition) is 2. The zero-order chi connectivity index (χ0) is 18.0. The molecule has 3 rings (SSSR count). The summed E-state index contributed by atoms with van der Waals surface area (Å²) < 4.78 is 10.4. The lowest BCUT2D eigenvalue weighted by Crippen LogP contribution is -2.23. The first-order valence-corrected chi connectivity index (χ1v) is 7.65. The van der Waals surface area contributed by atoms with Gasteiger partial charge in [0.15, 0.2) is 0 Å². The average molecular weight is 360 g/mol. The molecular formula is C17H14ClN3O4. The summed E-state index contributed by atoms with van der Waals surface area (Å²) in [5.41, 5.74) is 6.85. The fourth-order valence-electron chi connectivity index (χ4n) is 2.35. The standard InChI is InChI=1S/C17H14ClN3O4/c1-24-17(23)13-6-10(18)4-9-5-12(25-15(9)13)8-21-16(22)14-7-11(19)2-3-20-14/h2-7H,8H2,1H3,(H2,19,20)(H,21,22). The largest absolute Gasteiger partial charge is 0.465 e. The molecule has 1 amide bonds. The van der Waals surface area contributed by atoms with Crippen LogP contribution in [0, 0.1) is 0 Å². The zero-order valence-corrected chi connectivity index (χ0v) is 14.0. The highest BCUT2D eigenvalue weighted by Gasteiger charge is 2.17. The number of benzene rings is 1. The number of rotatable bonds is 4. The molecule has 0 unspecified atom stereocenters. The summed E-state index contributed by atoms with van der Waals surface area (Å²) in [6, 6.07) is 7.90. The van der Waals surface area contributed by atoms with Crippen LogP contribution in [0.1, 0.15) is 26.6 Å². The van der Waals surface area contributed by atoms with Crippen molar-refractivity contribution in [1.82, 2.24) is 10.3 Å². The molecule has 2 heterocycles. The Labute approximate surface area is 147 Å². The summed E-state index contributed by atoms with van der Waals surface area (Å²) >= 11 is 6.02. The van der Waals surface area contributed by atoms with E-state index in [-0.39, 0.29) is 23.7 Å². The van der Waals surface area contributed by atoms with Gasteiger partial charge in [-0.1, -0.05) is 11.6 Å². The van der Waals surface area contributed by atoms with Gasteiger partial charge in [0, 0.05) is 22.3 Å². The first-order valence-electron chi connectivity index (χ1n) is 7.28. The van der Waals surface area contributed by atoms with E-state index >= 15 is 0 Å². The molecule has 0 bridgehead atoms. The molecular weight excluding hydrogens is 346 g/mol. The van der Waals surface area contributed by atoms with Crippen LogP contribution in [0.5, 0.6) is 0 Å². The maximum Gasteiger partial charge on any atom is 0.341 e. The van der Waals surface area contributed by atoms with Gasteiger partial charge in [-0.15, -0.1) is 0 Å². The third-order valence-electron chi connectivity index (χ3n) is 3.48. The van der Waals surface area contributed by atoms with E-state index in [0.717, 1.165) is 0 Å². The van der Waals surface area contributed by atoms with Crippen molar-refractivity contribution in [3.05, 3.63) is 58.6 Å². The lowest BCUT2D eigenvalue weighted by molar-refractivity contribution is 0.0601. The number of carbonyl (C=O) groups excluding carboxylic acids is 2. The predicted molar refractivity (Wildman–Crippen MR) is 92.4 cm³/mol. The maximum atomic E-state index is 12.1. The van der Waals surface area contributed by atoms with E-state index < -0.39 is 5.97 Å². The fourth-order valence-corrected chi connectivity index (χ4v) is 2.57. The number of pyridine rings is 1. The highest BCUT2D eigenvalue weighted by Crippen LogP contribution is 2.28. The van der Waals surface area contributed by atoms with Gasteiger partial charge in [0.2, 0.25) is 0 Å². The van der Waals surface area contributed by atoms with Gasteiger partial charge in [-0.3, -0.25) is 9.78 Å². The molecule has 0 aliphatic heterocycles. The number of halogens is 1. The van der Waals surface area contributed by atoms with Gasteiger partial charge >= 0.3 is 5.97 Å². The van der Waals surface area contributed by atoms with E-state index in [9.17, 15) is 9.59 Å². The Morgan fingerprint density at radius 1 is 1.32 bits per heavy atom. The second-order valence-corrected chi connectivity index (χ2v) is 5.67. The number of aromatic nitrogens is 1. The SMILES string of the molecule is COC(=O)c1cc(Cl)cc2cc(CNC(=O)c3cc(N)ccn3)oc12. The molecule has 1 aromatic carbocycles. The Morgan fingerprint density at radius 3 is 2.84 bits per heavy atom. The van der Waals surface area contributed by atoms with Gasteiger partial charge in [0.25, 0.3) is 5.91 Å². The number of anilines is 1. The molecule has 0 aliphatic rings. The molecule has 3 N–H and O–H groups in total. The molecule has 8 heteroatoms. The molecule has 25 heavy (non-hydrogen) atoms. The number of nitrogen functional groups attached to an aromatic ring is 1. The highest BCUT2D eigenvalue weighted by atomic mass is 35.5. The van der Waals surface area contributed by atoms with Crippen LogP contribution in [-0.2, 0) is 11.3 Å². The molecule has 0 radical (unpaired) electrons. The number of nitrogens with one attached hydrogen (secondary N) is 1. The topological polar surface area (TPSA) is 107 Å². The summed E-state index contributed by atoms with van der Waals surface area (Å²) in [5, 5.41) is 3.70. The summed E-state index contributed by atoms with van der Waals surface area (Å²) in [7, 11) is 1.28. The summed E-state index contributed by atoms with van der Waals surface area (Å²) in [6.45, 7) is 0.113. The van der Waals surface area contributed by atoms with Crippen LogP contribution in [-0.4, -0.2) is 24.0 Å². The summed E-state index contributed by atoms with van der Waals surface area (Å²) in [6.07, 6.45) is 1.45. The van der Waals surface area contributed by atoms with E-state index in [1.54, 1.807) is 18.2 Å². The van der Waals surface area contributed by atoms with E-state index in [1.807, 2.05) is 0 Å². The minimum Gasteiger partial charge on any atom is -0.465 e.